The molecule has 0 atom stereocenters. The number of methoxy groups -OCH3 is 1. The largest absolute Gasteiger partial charge is 0.495 e. The Bertz CT molecular complexity index is 1020. The minimum Gasteiger partial charge on any atom is -0.495 e. The minimum atomic E-state index is -3.66. The number of carbonyl (C=O) groups is 1. The van der Waals surface area contributed by atoms with E-state index in [0.29, 0.717) is 16.5 Å². The lowest BCUT2D eigenvalue weighted by atomic mass is 9.92. The zero-order chi connectivity index (χ0) is 21.0. The molecule has 0 bridgehead atoms. The molecular formula is C21H25ClN2O4S. The third kappa shape index (κ3) is 5.29. The highest BCUT2D eigenvalue weighted by atomic mass is 35.5. The summed E-state index contributed by atoms with van der Waals surface area (Å²) in [6.45, 7) is 1.82. The van der Waals surface area contributed by atoms with Crippen molar-refractivity contribution in [1.29, 1.82) is 0 Å². The van der Waals surface area contributed by atoms with Gasteiger partial charge in [-0.15, -0.1) is 0 Å². The standard InChI is InChI=1S/C21H25ClN2O4S/c1-14-11-19(20(28-2)13-18(14)22)24-21(25)9-10-23-29(26,27)17-8-7-15-5-3-4-6-16(15)12-17/h7-8,11-13,23H,3-6,9-10H2,1-2H3,(H,24,25). The van der Waals surface area contributed by atoms with Crippen LogP contribution in [-0.2, 0) is 27.7 Å². The molecule has 0 spiro atoms. The van der Waals surface area contributed by atoms with Crippen LogP contribution in [0.4, 0.5) is 5.69 Å². The molecule has 2 aromatic carbocycles. The van der Waals surface area contributed by atoms with E-state index in [1.54, 1.807) is 24.3 Å². The number of hydrogen-bond donors (Lipinski definition) is 2. The molecule has 0 fully saturated rings. The van der Waals surface area contributed by atoms with Gasteiger partial charge in [0.15, 0.2) is 0 Å². The van der Waals surface area contributed by atoms with Gasteiger partial charge in [-0.05, 0) is 67.5 Å². The van der Waals surface area contributed by atoms with Crippen molar-refractivity contribution < 1.29 is 17.9 Å². The summed E-state index contributed by atoms with van der Waals surface area (Å²) < 4.78 is 32.9. The number of halogens is 1. The van der Waals surface area contributed by atoms with E-state index in [1.807, 2.05) is 13.0 Å². The van der Waals surface area contributed by atoms with Crippen LogP contribution in [0.15, 0.2) is 35.2 Å². The second kappa shape index (κ2) is 9.15. The minimum absolute atomic E-state index is 0.000138. The van der Waals surface area contributed by atoms with Gasteiger partial charge >= 0.3 is 0 Å². The molecule has 3 rings (SSSR count). The summed E-state index contributed by atoms with van der Waals surface area (Å²) in [5.74, 6) is 0.127. The molecule has 1 aliphatic carbocycles. The lowest BCUT2D eigenvalue weighted by molar-refractivity contribution is -0.116. The number of fused-ring (bicyclic) bond motifs is 1. The topological polar surface area (TPSA) is 84.5 Å². The van der Waals surface area contributed by atoms with Crippen molar-refractivity contribution >= 4 is 33.2 Å². The number of aryl methyl sites for hydroxylation is 3. The van der Waals surface area contributed by atoms with Gasteiger partial charge in [-0.1, -0.05) is 17.7 Å². The molecule has 6 nitrogen and oxygen atoms in total. The Hall–Kier alpha value is -2.09. The molecule has 0 unspecified atom stereocenters. The molecular weight excluding hydrogens is 412 g/mol. The normalized spacial score (nSPS) is 13.6. The van der Waals surface area contributed by atoms with Crippen LogP contribution in [0.25, 0.3) is 0 Å². The van der Waals surface area contributed by atoms with Crippen LogP contribution in [0.5, 0.6) is 5.75 Å². The second-order valence-corrected chi connectivity index (χ2v) is 9.31. The maximum atomic E-state index is 12.6. The fourth-order valence-electron chi connectivity index (χ4n) is 3.40. The molecule has 156 valence electrons. The molecule has 0 saturated heterocycles. The van der Waals surface area contributed by atoms with Crippen LogP contribution in [0.1, 0.15) is 36.0 Å². The van der Waals surface area contributed by atoms with E-state index in [9.17, 15) is 13.2 Å². The van der Waals surface area contributed by atoms with Crippen molar-refractivity contribution in [2.24, 2.45) is 0 Å². The molecule has 0 heterocycles. The van der Waals surface area contributed by atoms with Crippen LogP contribution in [-0.4, -0.2) is 28.0 Å². The number of sulfonamides is 1. The smallest absolute Gasteiger partial charge is 0.240 e. The van der Waals surface area contributed by atoms with Crippen LogP contribution >= 0.6 is 11.6 Å². The van der Waals surface area contributed by atoms with E-state index >= 15 is 0 Å². The first-order valence-electron chi connectivity index (χ1n) is 9.55. The SMILES string of the molecule is COc1cc(Cl)c(C)cc1NC(=O)CCNS(=O)(=O)c1ccc2c(c1)CCCC2. The van der Waals surface area contributed by atoms with Gasteiger partial charge in [-0.25, -0.2) is 13.1 Å². The Morgan fingerprint density at radius 1 is 1.14 bits per heavy atom. The molecule has 0 radical (unpaired) electrons. The highest BCUT2D eigenvalue weighted by Crippen LogP contribution is 2.31. The van der Waals surface area contributed by atoms with Crippen molar-refractivity contribution in [3.63, 3.8) is 0 Å². The summed E-state index contributed by atoms with van der Waals surface area (Å²) in [6, 6.07) is 8.62. The van der Waals surface area contributed by atoms with Gasteiger partial charge in [0.25, 0.3) is 0 Å². The van der Waals surface area contributed by atoms with Crippen LogP contribution in [0.3, 0.4) is 0 Å². The van der Waals surface area contributed by atoms with Crippen molar-refractivity contribution in [1.82, 2.24) is 4.72 Å². The zero-order valence-corrected chi connectivity index (χ0v) is 18.1. The molecule has 1 amide bonds. The fourth-order valence-corrected chi connectivity index (χ4v) is 4.64. The Kier molecular flexibility index (Phi) is 6.82. The Balaban J connectivity index is 1.59. The highest BCUT2D eigenvalue weighted by molar-refractivity contribution is 7.89. The average Bonchev–Trinajstić information content (AvgIpc) is 2.70. The first kappa shape index (κ1) is 21.6. The first-order chi connectivity index (χ1) is 13.8. The van der Waals surface area contributed by atoms with E-state index in [1.165, 1.54) is 12.7 Å². The molecule has 29 heavy (non-hydrogen) atoms. The quantitative estimate of drug-likeness (QED) is 0.690. The van der Waals surface area contributed by atoms with Gasteiger partial charge in [-0.3, -0.25) is 4.79 Å². The Labute approximate surface area is 176 Å². The van der Waals surface area contributed by atoms with E-state index in [4.69, 9.17) is 16.3 Å². The summed E-state index contributed by atoms with van der Waals surface area (Å²) in [5, 5.41) is 3.28. The van der Waals surface area contributed by atoms with Crippen LogP contribution in [0.2, 0.25) is 5.02 Å². The van der Waals surface area contributed by atoms with Crippen LogP contribution in [0, 0.1) is 6.92 Å². The molecule has 0 aliphatic heterocycles. The lowest BCUT2D eigenvalue weighted by Gasteiger charge is -2.17. The van der Waals surface area contributed by atoms with Crippen molar-refractivity contribution in [2.45, 2.75) is 43.9 Å². The molecule has 2 N–H and O–H groups in total. The summed E-state index contributed by atoms with van der Waals surface area (Å²) >= 11 is 6.07. The zero-order valence-electron chi connectivity index (χ0n) is 16.5. The first-order valence-corrected chi connectivity index (χ1v) is 11.4. The number of anilines is 1. The summed E-state index contributed by atoms with van der Waals surface area (Å²) in [7, 11) is -2.17. The van der Waals surface area contributed by atoms with Crippen molar-refractivity contribution in [3.8, 4) is 5.75 Å². The van der Waals surface area contributed by atoms with Gasteiger partial charge in [0.2, 0.25) is 15.9 Å². The van der Waals surface area contributed by atoms with E-state index < -0.39 is 10.0 Å². The maximum absolute atomic E-state index is 12.6. The van der Waals surface area contributed by atoms with Gasteiger partial charge in [0.1, 0.15) is 5.75 Å². The molecule has 8 heteroatoms. The van der Waals surface area contributed by atoms with Gasteiger partial charge in [-0.2, -0.15) is 0 Å². The average molecular weight is 437 g/mol. The summed E-state index contributed by atoms with van der Waals surface area (Å²) in [6.07, 6.45) is 4.12. The van der Waals surface area contributed by atoms with Gasteiger partial charge in [0, 0.05) is 24.1 Å². The highest BCUT2D eigenvalue weighted by Gasteiger charge is 2.18. The third-order valence-electron chi connectivity index (χ3n) is 5.03. The number of benzene rings is 2. The maximum Gasteiger partial charge on any atom is 0.240 e. The van der Waals surface area contributed by atoms with E-state index in [0.717, 1.165) is 36.8 Å². The van der Waals surface area contributed by atoms with Crippen LogP contribution < -0.4 is 14.8 Å². The molecule has 0 aromatic heterocycles. The van der Waals surface area contributed by atoms with Crippen molar-refractivity contribution in [3.05, 3.63) is 52.0 Å². The summed E-state index contributed by atoms with van der Waals surface area (Å²) in [5.41, 5.74) is 3.62. The summed E-state index contributed by atoms with van der Waals surface area (Å²) in [4.78, 5) is 12.5. The number of carbonyl (C=O) groups excluding carboxylic acids is 1. The predicted octanol–water partition coefficient (Wildman–Crippen LogP) is 3.84. The van der Waals surface area contributed by atoms with Crippen molar-refractivity contribution in [2.75, 3.05) is 19.0 Å². The van der Waals surface area contributed by atoms with Gasteiger partial charge < -0.3 is 10.1 Å². The number of hydrogen-bond acceptors (Lipinski definition) is 4. The fraction of sp³-hybridized carbons (Fsp3) is 0.381. The number of ether oxygens (including phenoxy) is 1. The molecule has 0 saturated carbocycles. The predicted molar refractivity (Wildman–Crippen MR) is 114 cm³/mol. The molecule has 2 aromatic rings. The van der Waals surface area contributed by atoms with E-state index in [-0.39, 0.29) is 23.8 Å². The molecule has 1 aliphatic rings. The lowest BCUT2D eigenvalue weighted by Crippen LogP contribution is -2.28. The third-order valence-corrected chi connectivity index (χ3v) is 6.90. The monoisotopic (exact) mass is 436 g/mol. The second-order valence-electron chi connectivity index (χ2n) is 7.14. The van der Waals surface area contributed by atoms with E-state index in [2.05, 4.69) is 10.0 Å². The number of nitrogens with one attached hydrogen (secondary N) is 2. The number of rotatable bonds is 7. The van der Waals surface area contributed by atoms with Gasteiger partial charge in [0.05, 0.1) is 17.7 Å². The Morgan fingerprint density at radius 3 is 2.59 bits per heavy atom. The Morgan fingerprint density at radius 2 is 1.86 bits per heavy atom. The number of amides is 1.